The summed E-state index contributed by atoms with van der Waals surface area (Å²) in [5, 5.41) is 9.40. The van der Waals surface area contributed by atoms with E-state index in [4.69, 9.17) is 16.0 Å². The maximum atomic E-state index is 13.7. The van der Waals surface area contributed by atoms with E-state index in [1.54, 1.807) is 19.1 Å². The summed E-state index contributed by atoms with van der Waals surface area (Å²) in [7, 11) is 0. The highest BCUT2D eigenvalue weighted by Crippen LogP contribution is 2.46. The van der Waals surface area contributed by atoms with Crippen molar-refractivity contribution in [2.45, 2.75) is 37.6 Å². The highest BCUT2D eigenvalue weighted by molar-refractivity contribution is 6.36. The van der Waals surface area contributed by atoms with Gasteiger partial charge in [0.25, 0.3) is 5.91 Å². The van der Waals surface area contributed by atoms with Crippen LogP contribution < -0.4 is 10.6 Å². The van der Waals surface area contributed by atoms with Gasteiger partial charge >= 0.3 is 6.18 Å². The van der Waals surface area contributed by atoms with Gasteiger partial charge in [0.1, 0.15) is 16.6 Å². The van der Waals surface area contributed by atoms with Gasteiger partial charge in [-0.25, -0.2) is 4.68 Å². The first-order chi connectivity index (χ1) is 14.3. The molecule has 2 N–H and O–H groups in total. The Hall–Kier alpha value is -2.94. The molecule has 0 saturated carbocycles. The zero-order chi connectivity index (χ0) is 21.5. The van der Waals surface area contributed by atoms with Crippen molar-refractivity contribution in [1.29, 1.82) is 0 Å². The molecule has 0 aliphatic carbocycles. The minimum absolute atomic E-state index is 0.0656. The smallest absolute Gasteiger partial charge is 0.410 e. The van der Waals surface area contributed by atoms with Gasteiger partial charge in [-0.05, 0) is 24.6 Å². The predicted molar refractivity (Wildman–Crippen MR) is 104 cm³/mol. The molecule has 0 radical (unpaired) electrons. The molecule has 3 aromatic rings. The van der Waals surface area contributed by atoms with Gasteiger partial charge in [-0.15, -0.1) is 0 Å². The summed E-state index contributed by atoms with van der Waals surface area (Å²) in [6, 6.07) is 9.26. The zero-order valence-electron chi connectivity index (χ0n) is 15.8. The highest BCUT2D eigenvalue weighted by Gasteiger charge is 2.48. The summed E-state index contributed by atoms with van der Waals surface area (Å²) in [6.07, 6.45) is -3.54. The van der Waals surface area contributed by atoms with Crippen LogP contribution >= 0.6 is 11.6 Å². The fraction of sp³-hybridized carbons (Fsp3) is 0.300. The van der Waals surface area contributed by atoms with Crippen LogP contribution in [0.2, 0.25) is 5.02 Å². The number of carbonyl (C=O) groups is 1. The number of benzene rings is 1. The van der Waals surface area contributed by atoms with E-state index < -0.39 is 24.2 Å². The Kier molecular flexibility index (Phi) is 5.23. The first kappa shape index (κ1) is 20.3. The molecule has 0 bridgehead atoms. The average molecular weight is 439 g/mol. The lowest BCUT2D eigenvalue weighted by Crippen LogP contribution is -2.35. The Labute approximate surface area is 175 Å². The summed E-state index contributed by atoms with van der Waals surface area (Å²) in [5.41, 5.74) is 0.575. The number of amides is 1. The Morgan fingerprint density at radius 3 is 2.67 bits per heavy atom. The van der Waals surface area contributed by atoms with Crippen molar-refractivity contribution in [3.05, 3.63) is 70.8 Å². The molecule has 0 unspecified atom stereocenters. The summed E-state index contributed by atoms with van der Waals surface area (Å²) < 4.78 is 47.2. The number of aromatic nitrogens is 2. The number of nitrogens with one attached hydrogen (secondary N) is 2. The van der Waals surface area contributed by atoms with Crippen LogP contribution in [0.5, 0.6) is 0 Å². The van der Waals surface area contributed by atoms with E-state index in [0.717, 1.165) is 10.2 Å². The van der Waals surface area contributed by atoms with Gasteiger partial charge < -0.3 is 15.1 Å². The van der Waals surface area contributed by atoms with E-state index in [1.807, 2.05) is 30.3 Å². The first-order valence-corrected chi connectivity index (χ1v) is 9.64. The molecule has 4 rings (SSSR count). The van der Waals surface area contributed by atoms with Crippen molar-refractivity contribution < 1.29 is 22.4 Å². The van der Waals surface area contributed by atoms with Gasteiger partial charge in [0.2, 0.25) is 0 Å². The second kappa shape index (κ2) is 7.71. The summed E-state index contributed by atoms with van der Waals surface area (Å²) in [5.74, 6) is -0.379. The third-order valence-electron chi connectivity index (χ3n) is 5.04. The lowest BCUT2D eigenvalue weighted by atomic mass is 10.0. The monoisotopic (exact) mass is 438 g/mol. The van der Waals surface area contributed by atoms with Gasteiger partial charge in [-0.2, -0.15) is 18.3 Å². The number of rotatable bonds is 4. The molecule has 3 atom stereocenters. The van der Waals surface area contributed by atoms with E-state index in [-0.39, 0.29) is 29.0 Å². The van der Waals surface area contributed by atoms with Crippen molar-refractivity contribution in [3.8, 4) is 0 Å². The minimum Gasteiger partial charge on any atom is -0.467 e. The number of carbonyl (C=O) groups excluding carboxylic acids is 1. The minimum atomic E-state index is -4.58. The third-order valence-corrected chi connectivity index (χ3v) is 5.40. The van der Waals surface area contributed by atoms with Gasteiger partial charge in [-0.1, -0.05) is 41.9 Å². The van der Waals surface area contributed by atoms with E-state index in [0.29, 0.717) is 5.76 Å². The third kappa shape index (κ3) is 3.77. The van der Waals surface area contributed by atoms with E-state index in [1.165, 1.54) is 6.26 Å². The Balaban J connectivity index is 1.65. The second-order valence-electron chi connectivity index (χ2n) is 7.07. The van der Waals surface area contributed by atoms with Crippen molar-refractivity contribution in [2.24, 2.45) is 0 Å². The van der Waals surface area contributed by atoms with E-state index >= 15 is 0 Å². The Morgan fingerprint density at radius 2 is 2.03 bits per heavy atom. The van der Waals surface area contributed by atoms with Crippen molar-refractivity contribution >= 4 is 23.3 Å². The number of nitrogens with zero attached hydrogens (tertiary/aromatic N) is 2. The summed E-state index contributed by atoms with van der Waals surface area (Å²) in [6.45, 7) is 1.76. The number of anilines is 1. The van der Waals surface area contributed by atoms with E-state index in [9.17, 15) is 18.0 Å². The molecule has 3 heterocycles. The molecule has 1 aromatic carbocycles. The lowest BCUT2D eigenvalue weighted by molar-refractivity contribution is -0.174. The summed E-state index contributed by atoms with van der Waals surface area (Å²) >= 11 is 6.30. The van der Waals surface area contributed by atoms with Gasteiger partial charge in [0.05, 0.1) is 18.3 Å². The standard InChI is InChI=1S/C20H18ClF3N4O2/c1-11(12-6-3-2-4-7-12)25-19(29)17-16(21)18-26-13(14-8-5-9-30-14)10-15(20(22,23)24)28(18)27-17/h2-9,11,13,15,26H,10H2,1H3,(H,25,29)/t11-,13+,15+/m0/s1. The molecular formula is C20H18ClF3N4O2. The Morgan fingerprint density at radius 1 is 1.30 bits per heavy atom. The predicted octanol–water partition coefficient (Wildman–Crippen LogP) is 5.28. The van der Waals surface area contributed by atoms with E-state index in [2.05, 4.69) is 15.7 Å². The van der Waals surface area contributed by atoms with Gasteiger partial charge in [0.15, 0.2) is 11.7 Å². The van der Waals surface area contributed by atoms with Crippen molar-refractivity contribution in [3.63, 3.8) is 0 Å². The molecule has 10 heteroatoms. The largest absolute Gasteiger partial charge is 0.467 e. The lowest BCUT2D eigenvalue weighted by Gasteiger charge is -2.32. The fourth-order valence-electron chi connectivity index (χ4n) is 3.50. The topological polar surface area (TPSA) is 72.1 Å². The van der Waals surface area contributed by atoms with Crippen molar-refractivity contribution in [1.82, 2.24) is 15.1 Å². The molecule has 0 spiro atoms. The molecular weight excluding hydrogens is 421 g/mol. The normalized spacial score (nSPS) is 19.6. The molecule has 0 saturated heterocycles. The molecule has 2 aromatic heterocycles. The van der Waals surface area contributed by atoms with Crippen LogP contribution in [0, 0.1) is 0 Å². The molecule has 30 heavy (non-hydrogen) atoms. The maximum absolute atomic E-state index is 13.7. The number of hydrogen-bond acceptors (Lipinski definition) is 4. The SMILES string of the molecule is C[C@H](NC(=O)c1nn2c(c1Cl)N[C@@H](c1ccco1)C[C@@H]2C(F)(F)F)c1ccccc1. The van der Waals surface area contributed by atoms with Gasteiger partial charge in [-0.3, -0.25) is 4.79 Å². The number of alkyl halides is 3. The number of hydrogen-bond donors (Lipinski definition) is 2. The fourth-order valence-corrected chi connectivity index (χ4v) is 3.77. The molecule has 0 fully saturated rings. The number of halogens is 4. The van der Waals surface area contributed by atoms with Crippen LogP contribution in [0.4, 0.5) is 19.0 Å². The van der Waals surface area contributed by atoms with Crippen LogP contribution in [0.25, 0.3) is 0 Å². The molecule has 1 aliphatic heterocycles. The maximum Gasteiger partial charge on any atom is 0.410 e. The van der Waals surface area contributed by atoms with Crippen molar-refractivity contribution in [2.75, 3.05) is 5.32 Å². The van der Waals surface area contributed by atoms with Crippen LogP contribution in [-0.4, -0.2) is 21.9 Å². The quantitative estimate of drug-likeness (QED) is 0.581. The number of furan rings is 1. The average Bonchev–Trinajstić information content (AvgIpc) is 3.36. The first-order valence-electron chi connectivity index (χ1n) is 9.26. The molecule has 1 amide bonds. The highest BCUT2D eigenvalue weighted by atomic mass is 35.5. The molecule has 1 aliphatic rings. The van der Waals surface area contributed by atoms with Crippen LogP contribution in [-0.2, 0) is 0 Å². The summed E-state index contributed by atoms with van der Waals surface area (Å²) in [4.78, 5) is 12.7. The molecule has 158 valence electrons. The Bertz CT molecular complexity index is 1030. The zero-order valence-corrected chi connectivity index (χ0v) is 16.5. The van der Waals surface area contributed by atoms with Gasteiger partial charge in [0, 0.05) is 6.42 Å². The van der Waals surface area contributed by atoms with Crippen LogP contribution in [0.1, 0.15) is 53.3 Å². The number of fused-ring (bicyclic) bond motifs is 1. The van der Waals surface area contributed by atoms with Crippen LogP contribution in [0.15, 0.2) is 53.1 Å². The van der Waals surface area contributed by atoms with Crippen LogP contribution in [0.3, 0.4) is 0 Å². The molecule has 6 nitrogen and oxygen atoms in total. The second-order valence-corrected chi connectivity index (χ2v) is 7.45.